The van der Waals surface area contributed by atoms with E-state index in [0.717, 1.165) is 34.1 Å². The lowest BCUT2D eigenvalue weighted by atomic mass is 9.84. The third kappa shape index (κ3) is 9.02. The van der Waals surface area contributed by atoms with E-state index in [1.165, 1.54) is 98.7 Å². The molecule has 0 atom stereocenters. The second-order valence-electron chi connectivity index (χ2n) is 21.8. The summed E-state index contributed by atoms with van der Waals surface area (Å²) in [5.41, 5.74) is 19.0. The molecule has 0 N–H and O–H groups in total. The van der Waals surface area contributed by atoms with E-state index in [-0.39, 0.29) is 5.41 Å². The van der Waals surface area contributed by atoms with Crippen molar-refractivity contribution < 1.29 is 0 Å². The highest BCUT2D eigenvalue weighted by Gasteiger charge is 2.24. The lowest BCUT2D eigenvalue weighted by molar-refractivity contribution is 0.590. The second-order valence-corrected chi connectivity index (χ2v) is 21.8. The van der Waals surface area contributed by atoms with Gasteiger partial charge < -0.3 is 9.80 Å². The van der Waals surface area contributed by atoms with E-state index in [9.17, 15) is 0 Å². The van der Waals surface area contributed by atoms with Gasteiger partial charge in [0.2, 0.25) is 0 Å². The molecule has 0 unspecified atom stereocenters. The van der Waals surface area contributed by atoms with Crippen LogP contribution < -0.4 is 9.80 Å². The summed E-state index contributed by atoms with van der Waals surface area (Å²) in [7, 11) is 0. The molecule has 0 aliphatic carbocycles. The maximum Gasteiger partial charge on any atom is 0.0468 e. The SMILES string of the molecule is Cc1ccc(N(c2ccc(C(C)C)cc2)c2ccc3c(-c4ccc5ccccc5c4)c4cc(N(c5ccc(C)cc5)c5ccc(C(C)(C)C)cc5)ccc4c(-c4ccc(-c5cccc6ccccc56)cc4)c3c2)cc1. The van der Waals surface area contributed by atoms with Crippen molar-refractivity contribution in [2.75, 3.05) is 9.80 Å². The quantitative estimate of drug-likeness (QED) is 0.126. The lowest BCUT2D eigenvalue weighted by Gasteiger charge is -2.29. The molecule has 364 valence electrons. The number of anilines is 6. The lowest BCUT2D eigenvalue weighted by Crippen LogP contribution is -2.13. The van der Waals surface area contributed by atoms with E-state index in [2.05, 4.69) is 301 Å². The molecule has 0 saturated heterocycles. The van der Waals surface area contributed by atoms with Crippen molar-refractivity contribution in [1.82, 2.24) is 0 Å². The van der Waals surface area contributed by atoms with Gasteiger partial charge in [-0.15, -0.1) is 0 Å². The Labute approximate surface area is 442 Å². The standard InChI is InChI=1S/C73H62N2/c1-48(2)51-29-37-61(38-30-51)74(59-33-19-49(3)20-34-59)63-42-44-68-69(46-63)71(55-26-24-54(25-27-55)66-18-12-16-53-14-10-11-17-65(53)66)67-43-41-64(47-70(67)72(68)57-28-23-52-13-8-9-15-56(52)45-57)75(60-35-21-50(4)22-36-60)62-39-31-58(32-40-62)73(5,6)7/h8-48H,1-7H3. The largest absolute Gasteiger partial charge is 0.310 e. The minimum atomic E-state index is 0.0326. The van der Waals surface area contributed by atoms with Gasteiger partial charge in [-0.05, 0) is 192 Å². The molecule has 12 aromatic carbocycles. The average molecular weight is 967 g/mol. The molecule has 0 fully saturated rings. The van der Waals surface area contributed by atoms with Gasteiger partial charge in [-0.3, -0.25) is 0 Å². The van der Waals surface area contributed by atoms with Gasteiger partial charge in [-0.1, -0.05) is 210 Å². The predicted octanol–water partition coefficient (Wildman–Crippen LogP) is 21.3. The number of rotatable bonds is 10. The first kappa shape index (κ1) is 47.3. The summed E-state index contributed by atoms with van der Waals surface area (Å²) in [6.45, 7) is 15.7. The molecule has 0 radical (unpaired) electrons. The number of hydrogen-bond acceptors (Lipinski definition) is 2. The third-order valence-corrected chi connectivity index (χ3v) is 15.3. The highest BCUT2D eigenvalue weighted by Crippen LogP contribution is 2.49. The molecule has 0 heterocycles. The molecule has 0 amide bonds. The van der Waals surface area contributed by atoms with Crippen LogP contribution in [0.3, 0.4) is 0 Å². The van der Waals surface area contributed by atoms with Crippen LogP contribution in [0, 0.1) is 13.8 Å². The van der Waals surface area contributed by atoms with Crippen molar-refractivity contribution in [1.29, 1.82) is 0 Å². The number of aryl methyl sites for hydroxylation is 2. The topological polar surface area (TPSA) is 6.48 Å². The third-order valence-electron chi connectivity index (χ3n) is 15.3. The van der Waals surface area contributed by atoms with Gasteiger partial charge in [0.25, 0.3) is 0 Å². The number of hydrogen-bond donors (Lipinski definition) is 0. The van der Waals surface area contributed by atoms with E-state index in [4.69, 9.17) is 0 Å². The summed E-state index contributed by atoms with van der Waals surface area (Å²) >= 11 is 0. The maximum atomic E-state index is 2.45. The van der Waals surface area contributed by atoms with Gasteiger partial charge in [0.05, 0.1) is 0 Å². The maximum absolute atomic E-state index is 2.45. The fourth-order valence-corrected chi connectivity index (χ4v) is 11.1. The van der Waals surface area contributed by atoms with Crippen molar-refractivity contribution in [3.8, 4) is 33.4 Å². The number of benzene rings is 12. The van der Waals surface area contributed by atoms with Gasteiger partial charge in [0.1, 0.15) is 0 Å². The highest BCUT2D eigenvalue weighted by atomic mass is 15.1. The van der Waals surface area contributed by atoms with Gasteiger partial charge in [0, 0.05) is 34.1 Å². The second kappa shape index (κ2) is 19.3. The minimum absolute atomic E-state index is 0.0326. The molecule has 0 saturated carbocycles. The van der Waals surface area contributed by atoms with E-state index >= 15 is 0 Å². The summed E-state index contributed by atoms with van der Waals surface area (Å²) in [5, 5.41) is 9.71. The Kier molecular flexibility index (Phi) is 12.2. The van der Waals surface area contributed by atoms with Crippen LogP contribution in [-0.4, -0.2) is 0 Å². The minimum Gasteiger partial charge on any atom is -0.310 e. The fourth-order valence-electron chi connectivity index (χ4n) is 11.1. The van der Waals surface area contributed by atoms with Crippen LogP contribution >= 0.6 is 0 Å². The molecule has 2 nitrogen and oxygen atoms in total. The molecule has 0 spiro atoms. The normalized spacial score (nSPS) is 11.8. The van der Waals surface area contributed by atoms with Gasteiger partial charge in [0.15, 0.2) is 0 Å². The Morgan fingerprint density at radius 3 is 1.31 bits per heavy atom. The summed E-state index contributed by atoms with van der Waals surface area (Å²) in [6.07, 6.45) is 0. The zero-order valence-electron chi connectivity index (χ0n) is 44.1. The van der Waals surface area contributed by atoms with Crippen LogP contribution in [0.4, 0.5) is 34.1 Å². The van der Waals surface area contributed by atoms with Crippen molar-refractivity contribution in [3.63, 3.8) is 0 Å². The van der Waals surface area contributed by atoms with Crippen LogP contribution in [0.5, 0.6) is 0 Å². The molecule has 0 aliphatic heterocycles. The van der Waals surface area contributed by atoms with Crippen LogP contribution in [0.15, 0.2) is 243 Å². The Hall–Kier alpha value is -8.72. The Morgan fingerprint density at radius 1 is 0.320 bits per heavy atom. The molecule has 0 aromatic heterocycles. The van der Waals surface area contributed by atoms with Crippen molar-refractivity contribution >= 4 is 77.2 Å². The van der Waals surface area contributed by atoms with Crippen LogP contribution in [0.25, 0.3) is 76.5 Å². The molecule has 0 aliphatic rings. The van der Waals surface area contributed by atoms with E-state index in [0.29, 0.717) is 5.92 Å². The van der Waals surface area contributed by atoms with Gasteiger partial charge in [-0.25, -0.2) is 0 Å². The van der Waals surface area contributed by atoms with E-state index in [1.807, 2.05) is 0 Å². The average Bonchev–Trinajstić information content (AvgIpc) is 3.44. The molecule has 2 heteroatoms. The Balaban J connectivity index is 1.16. The molecule has 0 bridgehead atoms. The molecular weight excluding hydrogens is 905 g/mol. The summed E-state index contributed by atoms with van der Waals surface area (Å²) in [4.78, 5) is 4.84. The van der Waals surface area contributed by atoms with Gasteiger partial charge in [-0.2, -0.15) is 0 Å². The highest BCUT2D eigenvalue weighted by molar-refractivity contribution is 6.23. The van der Waals surface area contributed by atoms with E-state index < -0.39 is 0 Å². The summed E-state index contributed by atoms with van der Waals surface area (Å²) < 4.78 is 0. The number of nitrogens with zero attached hydrogens (tertiary/aromatic N) is 2. The Morgan fingerprint density at radius 2 is 0.760 bits per heavy atom. The first-order chi connectivity index (χ1) is 36.4. The first-order valence-electron chi connectivity index (χ1n) is 26.5. The van der Waals surface area contributed by atoms with Crippen molar-refractivity contribution in [3.05, 3.63) is 265 Å². The Bertz CT molecular complexity index is 4040. The zero-order chi connectivity index (χ0) is 51.4. The fraction of sp³-hybridized carbons (Fsp3) is 0.123. The molecule has 12 rings (SSSR count). The monoisotopic (exact) mass is 966 g/mol. The zero-order valence-corrected chi connectivity index (χ0v) is 44.1. The van der Waals surface area contributed by atoms with Crippen LogP contribution in [-0.2, 0) is 5.41 Å². The molecule has 12 aromatic rings. The number of fused-ring (bicyclic) bond motifs is 4. The summed E-state index contributed by atoms with van der Waals surface area (Å²) in [5.74, 6) is 0.433. The van der Waals surface area contributed by atoms with Crippen LogP contribution in [0.1, 0.15) is 62.8 Å². The van der Waals surface area contributed by atoms with Crippen molar-refractivity contribution in [2.45, 2.75) is 59.8 Å². The van der Waals surface area contributed by atoms with Gasteiger partial charge >= 0.3 is 0 Å². The van der Waals surface area contributed by atoms with Crippen molar-refractivity contribution in [2.24, 2.45) is 0 Å². The molecule has 75 heavy (non-hydrogen) atoms. The summed E-state index contributed by atoms with van der Waals surface area (Å²) in [6, 6.07) is 90.9. The van der Waals surface area contributed by atoms with E-state index in [1.54, 1.807) is 0 Å². The molecular formula is C73H62N2. The predicted molar refractivity (Wildman–Crippen MR) is 324 cm³/mol. The smallest absolute Gasteiger partial charge is 0.0468 e. The van der Waals surface area contributed by atoms with Crippen LogP contribution in [0.2, 0.25) is 0 Å². The first-order valence-corrected chi connectivity index (χ1v) is 26.5.